The summed E-state index contributed by atoms with van der Waals surface area (Å²) in [7, 11) is 1.37. The number of methoxy groups -OCH3 is 1. The largest absolute Gasteiger partial charge is 0.497 e. The van der Waals surface area contributed by atoms with Gasteiger partial charge in [-0.05, 0) is 24.3 Å². The minimum Gasteiger partial charge on any atom is -0.497 e. The smallest absolute Gasteiger partial charge is 0.406 e. The van der Waals surface area contributed by atoms with Crippen molar-refractivity contribution in [3.05, 3.63) is 53.4 Å². The van der Waals surface area contributed by atoms with Gasteiger partial charge in [-0.25, -0.2) is 22.0 Å². The number of carbonyl (C=O) groups is 1. The monoisotopic (exact) mass is 497 g/mol. The molecule has 1 aliphatic heterocycles. The van der Waals surface area contributed by atoms with Crippen molar-refractivity contribution in [2.75, 3.05) is 56.2 Å². The van der Waals surface area contributed by atoms with E-state index in [4.69, 9.17) is 4.74 Å². The first kappa shape index (κ1) is 25.5. The first-order valence-corrected chi connectivity index (χ1v) is 9.93. The molecule has 0 bridgehead atoms. The van der Waals surface area contributed by atoms with Gasteiger partial charge in [0.1, 0.15) is 18.0 Å². The average molecular weight is 497 g/mol. The zero-order valence-corrected chi connectivity index (χ0v) is 17.7. The minimum absolute atomic E-state index is 0.0110. The molecule has 1 aliphatic rings. The number of hydrogen-bond acceptors (Lipinski definition) is 4. The number of ether oxygens (including phenoxy) is 1. The molecule has 5 nitrogen and oxygen atoms in total. The summed E-state index contributed by atoms with van der Waals surface area (Å²) in [5.74, 6) is -10.9. The molecule has 1 fully saturated rings. The second-order valence-electron chi connectivity index (χ2n) is 7.47. The summed E-state index contributed by atoms with van der Waals surface area (Å²) in [6.45, 7) is -2.54. The maximum absolute atomic E-state index is 14.0. The Morgan fingerprint density at radius 3 is 1.85 bits per heavy atom. The van der Waals surface area contributed by atoms with Gasteiger partial charge in [-0.1, -0.05) is 0 Å². The summed E-state index contributed by atoms with van der Waals surface area (Å²) in [6.07, 6.45) is -4.68. The van der Waals surface area contributed by atoms with Crippen molar-refractivity contribution in [1.82, 2.24) is 4.90 Å². The number of rotatable bonds is 6. The highest BCUT2D eigenvalue weighted by atomic mass is 19.4. The third kappa shape index (κ3) is 5.51. The third-order valence-corrected chi connectivity index (χ3v) is 5.26. The molecule has 1 heterocycles. The van der Waals surface area contributed by atoms with E-state index < -0.39 is 59.9 Å². The standard InChI is InChI=1S/C21H19F8N3O2/c1-34-13-4-2-12(3-5-13)32(11-21(27,28)29)14(33)10-30-6-8-31(9-7-30)20-18(25)16(23)15(22)17(24)19(20)26/h2-5H,6-11H2,1H3. The van der Waals surface area contributed by atoms with Crippen LogP contribution in [0, 0.1) is 29.1 Å². The number of amides is 1. The molecule has 34 heavy (non-hydrogen) atoms. The SMILES string of the molecule is COc1ccc(N(CC(F)(F)F)C(=O)CN2CCN(c3c(F)c(F)c(F)c(F)c3F)CC2)cc1. The van der Waals surface area contributed by atoms with Gasteiger partial charge in [0.05, 0.1) is 13.7 Å². The number of anilines is 2. The molecule has 1 amide bonds. The molecule has 13 heteroatoms. The van der Waals surface area contributed by atoms with Gasteiger partial charge < -0.3 is 14.5 Å². The van der Waals surface area contributed by atoms with Crippen LogP contribution in [0.4, 0.5) is 46.5 Å². The molecule has 186 valence electrons. The van der Waals surface area contributed by atoms with Crippen LogP contribution in [0.3, 0.4) is 0 Å². The van der Waals surface area contributed by atoms with E-state index in [0.717, 1.165) is 4.90 Å². The average Bonchev–Trinajstić information content (AvgIpc) is 2.80. The molecule has 1 saturated heterocycles. The molecule has 0 N–H and O–H groups in total. The summed E-state index contributed by atoms with van der Waals surface area (Å²) in [4.78, 5) is 15.6. The van der Waals surface area contributed by atoms with Gasteiger partial charge in [-0.15, -0.1) is 0 Å². The van der Waals surface area contributed by atoms with E-state index in [-0.39, 0.29) is 31.9 Å². The zero-order valence-electron chi connectivity index (χ0n) is 17.7. The number of hydrogen-bond donors (Lipinski definition) is 0. The van der Waals surface area contributed by atoms with Crippen LogP contribution in [0.2, 0.25) is 0 Å². The lowest BCUT2D eigenvalue weighted by atomic mass is 10.2. The predicted molar refractivity (Wildman–Crippen MR) is 106 cm³/mol. The van der Waals surface area contributed by atoms with Crippen LogP contribution in [0.1, 0.15) is 0 Å². The fourth-order valence-corrected chi connectivity index (χ4v) is 3.54. The highest BCUT2D eigenvalue weighted by Gasteiger charge is 2.35. The number of benzene rings is 2. The van der Waals surface area contributed by atoms with Crippen LogP contribution in [0.5, 0.6) is 5.75 Å². The van der Waals surface area contributed by atoms with Crippen LogP contribution in [0.15, 0.2) is 24.3 Å². The molecule has 0 unspecified atom stereocenters. The van der Waals surface area contributed by atoms with Crippen LogP contribution in [-0.4, -0.2) is 63.4 Å². The van der Waals surface area contributed by atoms with E-state index in [1.807, 2.05) is 0 Å². The lowest BCUT2D eigenvalue weighted by Gasteiger charge is -2.37. The number of halogens is 8. The zero-order chi connectivity index (χ0) is 25.2. The number of carbonyl (C=O) groups excluding carboxylic acids is 1. The number of nitrogens with zero attached hydrogens (tertiary/aromatic N) is 3. The quantitative estimate of drug-likeness (QED) is 0.342. The lowest BCUT2D eigenvalue weighted by molar-refractivity contribution is -0.133. The normalized spacial score (nSPS) is 14.9. The summed E-state index contributed by atoms with van der Waals surface area (Å²) in [6, 6.07) is 5.39. The first-order chi connectivity index (χ1) is 15.9. The van der Waals surface area contributed by atoms with Gasteiger partial charge in [0.2, 0.25) is 11.7 Å². The second-order valence-corrected chi connectivity index (χ2v) is 7.47. The Balaban J connectivity index is 1.71. The number of alkyl halides is 3. The maximum Gasteiger partial charge on any atom is 0.406 e. The molecule has 0 saturated carbocycles. The molecule has 2 aromatic rings. The van der Waals surface area contributed by atoms with Gasteiger partial charge in [0.25, 0.3) is 0 Å². The Morgan fingerprint density at radius 1 is 0.882 bits per heavy atom. The summed E-state index contributed by atoms with van der Waals surface area (Å²) < 4.78 is 113. The van der Waals surface area contributed by atoms with Crippen molar-refractivity contribution in [2.45, 2.75) is 6.18 Å². The molecular formula is C21H19F8N3O2. The summed E-state index contributed by atoms with van der Waals surface area (Å²) >= 11 is 0. The summed E-state index contributed by atoms with van der Waals surface area (Å²) in [5.41, 5.74) is -1.09. The highest BCUT2D eigenvalue weighted by Crippen LogP contribution is 2.31. The van der Waals surface area contributed by atoms with Crippen molar-refractivity contribution >= 4 is 17.3 Å². The van der Waals surface area contributed by atoms with Crippen LogP contribution < -0.4 is 14.5 Å². The predicted octanol–water partition coefficient (Wildman–Crippen LogP) is 4.11. The van der Waals surface area contributed by atoms with Gasteiger partial charge in [0.15, 0.2) is 23.3 Å². The number of piperazine rings is 1. The van der Waals surface area contributed by atoms with E-state index in [2.05, 4.69) is 0 Å². The van der Waals surface area contributed by atoms with Gasteiger partial charge in [-0.2, -0.15) is 13.2 Å². The topological polar surface area (TPSA) is 36.0 Å². The Hall–Kier alpha value is -3.09. The van der Waals surface area contributed by atoms with Crippen molar-refractivity contribution in [3.63, 3.8) is 0 Å². The second kappa shape index (κ2) is 10.0. The minimum atomic E-state index is -4.68. The van der Waals surface area contributed by atoms with E-state index in [1.165, 1.54) is 36.3 Å². The van der Waals surface area contributed by atoms with Gasteiger partial charge >= 0.3 is 6.18 Å². The van der Waals surface area contributed by atoms with Gasteiger partial charge in [0, 0.05) is 31.9 Å². The fraction of sp³-hybridized carbons (Fsp3) is 0.381. The Bertz CT molecular complexity index is 1010. The molecular weight excluding hydrogens is 478 g/mol. The van der Waals surface area contributed by atoms with E-state index >= 15 is 0 Å². The third-order valence-electron chi connectivity index (χ3n) is 5.26. The van der Waals surface area contributed by atoms with E-state index in [1.54, 1.807) is 0 Å². The molecule has 3 rings (SSSR count). The Kier molecular flexibility index (Phi) is 7.54. The van der Waals surface area contributed by atoms with Crippen molar-refractivity contribution < 1.29 is 44.7 Å². The fourth-order valence-electron chi connectivity index (χ4n) is 3.54. The molecule has 0 spiro atoms. The molecule has 0 aromatic heterocycles. The van der Waals surface area contributed by atoms with Crippen LogP contribution >= 0.6 is 0 Å². The lowest BCUT2D eigenvalue weighted by Crippen LogP contribution is -2.51. The molecule has 2 aromatic carbocycles. The van der Waals surface area contributed by atoms with E-state index in [9.17, 15) is 39.9 Å². The molecule has 0 atom stereocenters. The van der Waals surface area contributed by atoms with Gasteiger partial charge in [-0.3, -0.25) is 9.69 Å². The van der Waals surface area contributed by atoms with Crippen molar-refractivity contribution in [1.29, 1.82) is 0 Å². The molecule has 0 aliphatic carbocycles. The van der Waals surface area contributed by atoms with Crippen LogP contribution in [0.25, 0.3) is 0 Å². The maximum atomic E-state index is 14.0. The van der Waals surface area contributed by atoms with E-state index in [0.29, 0.717) is 10.6 Å². The summed E-state index contributed by atoms with van der Waals surface area (Å²) in [5, 5.41) is 0. The van der Waals surface area contributed by atoms with Crippen molar-refractivity contribution in [2.24, 2.45) is 0 Å². The highest BCUT2D eigenvalue weighted by molar-refractivity contribution is 5.95. The van der Waals surface area contributed by atoms with Crippen LogP contribution in [-0.2, 0) is 4.79 Å². The Morgan fingerprint density at radius 2 is 1.38 bits per heavy atom. The first-order valence-electron chi connectivity index (χ1n) is 9.93. The van der Waals surface area contributed by atoms with Crippen molar-refractivity contribution in [3.8, 4) is 5.75 Å². The molecule has 0 radical (unpaired) electrons. The Labute approximate surface area is 189 Å².